The number of pyridine rings is 1. The second-order valence-electron chi connectivity index (χ2n) is 6.74. The topological polar surface area (TPSA) is 67.3 Å². The molecule has 4 rings (SSSR count). The van der Waals surface area contributed by atoms with Crippen molar-refractivity contribution >= 4 is 26.6 Å². The van der Waals surface area contributed by atoms with Crippen LogP contribution >= 0.6 is 0 Å². The van der Waals surface area contributed by atoms with Crippen LogP contribution in [0.15, 0.2) is 66.7 Å². The maximum atomic E-state index is 12.9. The first-order valence-electron chi connectivity index (χ1n) is 8.96. The highest BCUT2D eigenvalue weighted by Crippen LogP contribution is 2.29. The minimum atomic E-state index is -3.31. The summed E-state index contributed by atoms with van der Waals surface area (Å²) >= 11 is 0. The van der Waals surface area contributed by atoms with Gasteiger partial charge in [0.05, 0.1) is 16.5 Å². The van der Waals surface area contributed by atoms with Crippen LogP contribution in [0.4, 0.5) is 0 Å². The molecule has 3 aromatic rings. The van der Waals surface area contributed by atoms with Gasteiger partial charge in [-0.3, -0.25) is 4.79 Å². The van der Waals surface area contributed by atoms with E-state index in [4.69, 9.17) is 0 Å². The van der Waals surface area contributed by atoms with Crippen molar-refractivity contribution in [3.05, 3.63) is 78.0 Å². The molecule has 1 unspecified atom stereocenters. The number of benzene rings is 2. The van der Waals surface area contributed by atoms with Crippen LogP contribution in [0.2, 0.25) is 0 Å². The number of hydrogen-bond acceptors (Lipinski definition) is 4. The van der Waals surface area contributed by atoms with Gasteiger partial charge in [0.15, 0.2) is 9.84 Å². The summed E-state index contributed by atoms with van der Waals surface area (Å²) < 4.78 is 25.5. The van der Waals surface area contributed by atoms with Crippen molar-refractivity contribution in [2.24, 2.45) is 0 Å². The summed E-state index contributed by atoms with van der Waals surface area (Å²) in [6.45, 7) is 0.588. The largest absolute Gasteiger partial charge is 0.336 e. The molecular weight excluding hydrogens is 360 g/mol. The lowest BCUT2D eigenvalue weighted by atomic mass is 10.1. The highest BCUT2D eigenvalue weighted by molar-refractivity contribution is 7.91. The molecule has 5 nitrogen and oxygen atoms in total. The van der Waals surface area contributed by atoms with Gasteiger partial charge in [-0.25, -0.2) is 13.4 Å². The predicted molar refractivity (Wildman–Crippen MR) is 105 cm³/mol. The molecule has 6 heteroatoms. The third-order valence-electron chi connectivity index (χ3n) is 5.02. The monoisotopic (exact) mass is 380 g/mol. The van der Waals surface area contributed by atoms with E-state index in [1.807, 2.05) is 60.7 Å². The summed E-state index contributed by atoms with van der Waals surface area (Å²) in [6.07, 6.45) is 0.395. The number of carbonyl (C=O) groups is 1. The Labute approximate surface area is 158 Å². The van der Waals surface area contributed by atoms with Crippen LogP contribution < -0.4 is 0 Å². The van der Waals surface area contributed by atoms with Crippen molar-refractivity contribution in [3.63, 3.8) is 0 Å². The number of fused-ring (bicyclic) bond motifs is 1. The fourth-order valence-electron chi connectivity index (χ4n) is 3.54. The van der Waals surface area contributed by atoms with E-state index in [2.05, 4.69) is 4.98 Å². The number of nitrogens with zero attached hydrogens (tertiary/aromatic N) is 2. The molecule has 1 amide bonds. The molecule has 1 aromatic heterocycles. The Morgan fingerprint density at radius 2 is 1.67 bits per heavy atom. The fraction of sp³-hybridized carbons (Fsp3) is 0.238. The van der Waals surface area contributed by atoms with Crippen LogP contribution in [0.5, 0.6) is 0 Å². The van der Waals surface area contributed by atoms with Crippen LogP contribution in [0.3, 0.4) is 0 Å². The average Bonchev–Trinajstić information content (AvgIpc) is 2.85. The third-order valence-corrected chi connectivity index (χ3v) is 7.14. The Hall–Kier alpha value is -2.73. The second kappa shape index (κ2) is 7.12. The molecule has 1 saturated heterocycles. The molecule has 0 bridgehead atoms. The Balaban J connectivity index is 1.58. The molecule has 1 fully saturated rings. The molecule has 0 aliphatic carbocycles. The van der Waals surface area contributed by atoms with Gasteiger partial charge in [-0.2, -0.15) is 0 Å². The Bertz CT molecular complexity index is 1080. The van der Waals surface area contributed by atoms with Gasteiger partial charge in [0.1, 0.15) is 5.69 Å². The van der Waals surface area contributed by atoms with E-state index in [1.165, 1.54) is 0 Å². The van der Waals surface area contributed by atoms with E-state index in [-0.39, 0.29) is 18.2 Å². The SMILES string of the molecule is O=C(c1ccc2ccccc2n1)N1CCC(c2ccccc2)S(=O)(=O)CC1. The van der Waals surface area contributed by atoms with Crippen molar-refractivity contribution in [2.45, 2.75) is 11.7 Å². The Morgan fingerprint density at radius 3 is 2.48 bits per heavy atom. The molecule has 2 aromatic carbocycles. The van der Waals surface area contributed by atoms with Gasteiger partial charge in [-0.15, -0.1) is 0 Å². The maximum Gasteiger partial charge on any atom is 0.272 e. The zero-order chi connectivity index (χ0) is 18.9. The van der Waals surface area contributed by atoms with Crippen molar-refractivity contribution < 1.29 is 13.2 Å². The van der Waals surface area contributed by atoms with Gasteiger partial charge in [-0.05, 0) is 24.1 Å². The second-order valence-corrected chi connectivity index (χ2v) is 9.04. The minimum Gasteiger partial charge on any atom is -0.336 e. The summed E-state index contributed by atoms with van der Waals surface area (Å²) in [6, 6.07) is 20.4. The van der Waals surface area contributed by atoms with E-state index >= 15 is 0 Å². The Morgan fingerprint density at radius 1 is 0.926 bits per heavy atom. The highest BCUT2D eigenvalue weighted by Gasteiger charge is 2.33. The molecule has 1 atom stereocenters. The fourth-order valence-corrected chi connectivity index (χ4v) is 5.33. The van der Waals surface area contributed by atoms with E-state index < -0.39 is 15.1 Å². The van der Waals surface area contributed by atoms with Crippen molar-refractivity contribution in [3.8, 4) is 0 Å². The van der Waals surface area contributed by atoms with Crippen LogP contribution in [0.25, 0.3) is 10.9 Å². The molecular formula is C21H20N2O3S. The molecule has 0 spiro atoms. The molecule has 1 aliphatic rings. The maximum absolute atomic E-state index is 12.9. The highest BCUT2D eigenvalue weighted by atomic mass is 32.2. The number of para-hydroxylation sites is 1. The lowest BCUT2D eigenvalue weighted by Crippen LogP contribution is -2.34. The molecule has 0 saturated carbocycles. The lowest BCUT2D eigenvalue weighted by Gasteiger charge is -2.19. The number of carbonyl (C=O) groups excluding carboxylic acids is 1. The van der Waals surface area contributed by atoms with Gasteiger partial charge in [0, 0.05) is 18.5 Å². The van der Waals surface area contributed by atoms with Gasteiger partial charge in [-0.1, -0.05) is 54.6 Å². The van der Waals surface area contributed by atoms with Gasteiger partial charge in [0.25, 0.3) is 5.91 Å². The van der Waals surface area contributed by atoms with Crippen LogP contribution in [0.1, 0.15) is 27.7 Å². The lowest BCUT2D eigenvalue weighted by molar-refractivity contribution is 0.0761. The van der Waals surface area contributed by atoms with Crippen molar-refractivity contribution in [2.75, 3.05) is 18.8 Å². The predicted octanol–water partition coefficient (Wildman–Crippen LogP) is 3.24. The van der Waals surface area contributed by atoms with Crippen molar-refractivity contribution in [1.82, 2.24) is 9.88 Å². The number of amides is 1. The average molecular weight is 380 g/mol. The number of sulfone groups is 1. The first-order valence-corrected chi connectivity index (χ1v) is 10.7. The van der Waals surface area contributed by atoms with Gasteiger partial charge >= 0.3 is 0 Å². The minimum absolute atomic E-state index is 0.0358. The number of rotatable bonds is 2. The normalized spacial score (nSPS) is 19.6. The zero-order valence-electron chi connectivity index (χ0n) is 14.8. The summed E-state index contributed by atoms with van der Waals surface area (Å²) in [5.41, 5.74) is 1.90. The summed E-state index contributed by atoms with van der Waals surface area (Å²) in [4.78, 5) is 19.0. The van der Waals surface area contributed by atoms with Crippen LogP contribution in [-0.2, 0) is 9.84 Å². The van der Waals surface area contributed by atoms with Gasteiger partial charge in [0.2, 0.25) is 0 Å². The molecule has 0 radical (unpaired) electrons. The molecule has 27 heavy (non-hydrogen) atoms. The van der Waals surface area contributed by atoms with Crippen LogP contribution in [0, 0.1) is 0 Å². The van der Waals surface area contributed by atoms with E-state index in [1.54, 1.807) is 11.0 Å². The van der Waals surface area contributed by atoms with Crippen molar-refractivity contribution in [1.29, 1.82) is 0 Å². The molecule has 138 valence electrons. The van der Waals surface area contributed by atoms with Crippen LogP contribution in [-0.4, -0.2) is 43.1 Å². The molecule has 0 N–H and O–H groups in total. The molecule has 1 aliphatic heterocycles. The molecule has 2 heterocycles. The van der Waals surface area contributed by atoms with Gasteiger partial charge < -0.3 is 4.90 Å². The smallest absolute Gasteiger partial charge is 0.272 e. The van der Waals surface area contributed by atoms with E-state index in [9.17, 15) is 13.2 Å². The summed E-state index contributed by atoms with van der Waals surface area (Å²) in [5.74, 6) is -0.254. The standard InChI is InChI=1S/C21H20N2O3S/c24-21(19-11-10-16-6-4-5-9-18(16)22-19)23-13-12-20(27(25,26)15-14-23)17-7-2-1-3-8-17/h1-11,20H,12-15H2. The Kier molecular flexibility index (Phi) is 4.66. The van der Waals surface area contributed by atoms with E-state index in [0.29, 0.717) is 18.7 Å². The summed E-state index contributed by atoms with van der Waals surface area (Å²) in [7, 11) is -3.31. The first-order chi connectivity index (χ1) is 13.0. The summed E-state index contributed by atoms with van der Waals surface area (Å²) in [5, 5.41) is 0.401. The van der Waals surface area contributed by atoms with E-state index in [0.717, 1.165) is 16.5 Å². The first kappa shape index (κ1) is 17.7. The quantitative estimate of drug-likeness (QED) is 0.684. The number of aromatic nitrogens is 1. The zero-order valence-corrected chi connectivity index (χ0v) is 15.6. The third kappa shape index (κ3) is 3.57. The number of hydrogen-bond donors (Lipinski definition) is 0.